The van der Waals surface area contributed by atoms with Crippen LogP contribution < -0.4 is 19.9 Å². The fraction of sp³-hybridized carbons (Fsp3) is 0.200. The van der Waals surface area contributed by atoms with Crippen LogP contribution in [-0.4, -0.2) is 23.8 Å². The number of aromatic nitrogens is 2. The molecule has 3 heterocycles. The number of nitrogens with one attached hydrogen (secondary N) is 2. The Morgan fingerprint density at radius 2 is 1.96 bits per heavy atom. The zero-order valence-corrected chi connectivity index (χ0v) is 14.7. The van der Waals surface area contributed by atoms with Crippen molar-refractivity contribution in [3.05, 3.63) is 64.2 Å². The molecule has 4 aromatic rings. The Labute approximate surface area is 154 Å². The van der Waals surface area contributed by atoms with Crippen LogP contribution in [0.3, 0.4) is 0 Å². The molecule has 1 atom stereocenters. The molecular formula is C20H18N3O4+. The van der Waals surface area contributed by atoms with Gasteiger partial charge in [0.05, 0.1) is 7.05 Å². The Balaban J connectivity index is 1.42. The molecule has 2 aromatic heterocycles. The number of quaternary nitrogens is 1. The number of fused-ring (bicyclic) bond motifs is 4. The van der Waals surface area contributed by atoms with Crippen LogP contribution in [-0.2, 0) is 13.1 Å². The highest BCUT2D eigenvalue weighted by atomic mass is 16.7. The second kappa shape index (κ2) is 6.14. The van der Waals surface area contributed by atoms with Crippen LogP contribution >= 0.6 is 0 Å². The van der Waals surface area contributed by atoms with Crippen LogP contribution in [0.4, 0.5) is 0 Å². The van der Waals surface area contributed by atoms with Gasteiger partial charge in [-0.05, 0) is 30.3 Å². The van der Waals surface area contributed by atoms with Gasteiger partial charge in [-0.2, -0.15) is 0 Å². The average molecular weight is 364 g/mol. The van der Waals surface area contributed by atoms with Crippen molar-refractivity contribution in [1.29, 1.82) is 0 Å². The summed E-state index contributed by atoms with van der Waals surface area (Å²) in [5.74, 6) is 2.19. The summed E-state index contributed by atoms with van der Waals surface area (Å²) in [6.07, 6.45) is 0. The van der Waals surface area contributed by atoms with Crippen molar-refractivity contribution in [2.24, 2.45) is 0 Å². The maximum atomic E-state index is 12.4. The number of nitrogens with zero attached hydrogens (tertiary/aromatic N) is 1. The average Bonchev–Trinajstić information content (AvgIpc) is 3.26. The van der Waals surface area contributed by atoms with E-state index in [0.717, 1.165) is 29.0 Å². The summed E-state index contributed by atoms with van der Waals surface area (Å²) in [6, 6.07) is 13.5. The monoisotopic (exact) mass is 364 g/mol. The van der Waals surface area contributed by atoms with Crippen molar-refractivity contribution in [1.82, 2.24) is 9.97 Å². The number of H-pyrrole nitrogens is 1. The second-order valence-electron chi connectivity index (χ2n) is 6.79. The van der Waals surface area contributed by atoms with Gasteiger partial charge in [0, 0.05) is 10.9 Å². The topological polar surface area (TPSA) is 81.8 Å². The van der Waals surface area contributed by atoms with Crippen LogP contribution in [0.2, 0.25) is 0 Å². The lowest BCUT2D eigenvalue weighted by Gasteiger charge is -2.13. The molecule has 2 aromatic carbocycles. The third kappa shape index (κ3) is 2.82. The molecule has 1 aliphatic heterocycles. The molecule has 0 spiro atoms. The Morgan fingerprint density at radius 1 is 1.11 bits per heavy atom. The summed E-state index contributed by atoms with van der Waals surface area (Å²) < 4.78 is 16.4. The molecule has 0 amide bonds. The molecule has 136 valence electrons. The number of rotatable bonds is 4. The van der Waals surface area contributed by atoms with Gasteiger partial charge in [0.25, 0.3) is 5.56 Å². The van der Waals surface area contributed by atoms with E-state index in [1.807, 2.05) is 42.5 Å². The van der Waals surface area contributed by atoms with Gasteiger partial charge in [0.2, 0.25) is 12.4 Å². The molecule has 0 saturated carbocycles. The number of para-hydroxylation sites is 1. The Kier molecular flexibility index (Phi) is 3.61. The Hall–Kier alpha value is -3.32. The van der Waals surface area contributed by atoms with Crippen molar-refractivity contribution in [2.45, 2.75) is 13.1 Å². The van der Waals surface area contributed by atoms with Gasteiger partial charge >= 0.3 is 0 Å². The summed E-state index contributed by atoms with van der Waals surface area (Å²) >= 11 is 0. The van der Waals surface area contributed by atoms with E-state index in [1.54, 1.807) is 0 Å². The summed E-state index contributed by atoms with van der Waals surface area (Å²) in [6.45, 7) is 1.62. The van der Waals surface area contributed by atoms with Crippen LogP contribution in [0, 0.1) is 0 Å². The molecule has 1 unspecified atom stereocenters. The molecule has 7 heteroatoms. The lowest BCUT2D eigenvalue weighted by Crippen LogP contribution is -3.06. The fourth-order valence-corrected chi connectivity index (χ4v) is 3.48. The molecule has 7 nitrogen and oxygen atoms in total. The molecule has 5 rings (SSSR count). The maximum Gasteiger partial charge on any atom is 0.294 e. The fourth-order valence-electron chi connectivity index (χ4n) is 3.48. The van der Waals surface area contributed by atoms with Gasteiger partial charge < -0.3 is 23.8 Å². The lowest BCUT2D eigenvalue weighted by molar-refractivity contribution is -0.908. The molecule has 0 bridgehead atoms. The van der Waals surface area contributed by atoms with Gasteiger partial charge in [-0.25, -0.2) is 4.98 Å². The first kappa shape index (κ1) is 15.9. The maximum absolute atomic E-state index is 12.4. The summed E-state index contributed by atoms with van der Waals surface area (Å²) in [5, 5.41) is 0.855. The van der Waals surface area contributed by atoms with Gasteiger partial charge in [-0.1, -0.05) is 12.1 Å². The van der Waals surface area contributed by atoms with Gasteiger partial charge in [0.15, 0.2) is 17.3 Å². The number of benzene rings is 2. The predicted molar refractivity (Wildman–Crippen MR) is 99.0 cm³/mol. The van der Waals surface area contributed by atoms with Gasteiger partial charge in [-0.15, -0.1) is 0 Å². The van der Waals surface area contributed by atoms with Crippen LogP contribution in [0.15, 0.2) is 51.7 Å². The number of aromatic amines is 1. The van der Waals surface area contributed by atoms with E-state index in [4.69, 9.17) is 13.9 Å². The minimum absolute atomic E-state index is 0.248. The van der Waals surface area contributed by atoms with Crippen molar-refractivity contribution in [2.75, 3.05) is 13.8 Å². The first-order chi connectivity index (χ1) is 13.2. The SMILES string of the molecule is C[NH+](Cc1ccc2c(c1)OCO2)Cc1nc2c(oc3ccccc32)c(=O)[nH]1. The zero-order chi connectivity index (χ0) is 18.4. The van der Waals surface area contributed by atoms with Crippen molar-refractivity contribution < 1.29 is 18.8 Å². The van der Waals surface area contributed by atoms with Crippen molar-refractivity contribution in [3.8, 4) is 11.5 Å². The Bertz CT molecular complexity index is 1210. The number of ether oxygens (including phenoxy) is 2. The number of hydrogen-bond acceptors (Lipinski definition) is 5. The quantitative estimate of drug-likeness (QED) is 0.575. The lowest BCUT2D eigenvalue weighted by atomic mass is 10.2. The van der Waals surface area contributed by atoms with Crippen LogP contribution in [0.25, 0.3) is 22.1 Å². The van der Waals surface area contributed by atoms with E-state index in [-0.39, 0.29) is 17.9 Å². The third-order valence-corrected chi connectivity index (χ3v) is 4.69. The van der Waals surface area contributed by atoms with E-state index in [1.165, 1.54) is 4.90 Å². The largest absolute Gasteiger partial charge is 0.454 e. The first-order valence-electron chi connectivity index (χ1n) is 8.77. The Morgan fingerprint density at radius 3 is 2.89 bits per heavy atom. The van der Waals surface area contributed by atoms with Crippen molar-refractivity contribution >= 4 is 22.1 Å². The minimum Gasteiger partial charge on any atom is -0.454 e. The number of hydrogen-bond donors (Lipinski definition) is 2. The van der Waals surface area contributed by atoms with E-state index in [2.05, 4.69) is 17.0 Å². The second-order valence-corrected chi connectivity index (χ2v) is 6.79. The predicted octanol–water partition coefficient (Wildman–Crippen LogP) is 1.61. The first-order valence-corrected chi connectivity index (χ1v) is 8.77. The highest BCUT2D eigenvalue weighted by Crippen LogP contribution is 2.32. The molecule has 0 radical (unpaired) electrons. The standard InChI is InChI=1S/C20H17N3O4/c1-23(9-12-6-7-15-16(8-12)26-11-25-15)10-17-21-18-13-4-2-3-5-14(13)27-19(18)20(24)22-17/h2-8H,9-11H2,1H3,(H,21,22,24)/p+1. The molecule has 1 aliphatic rings. The number of furan rings is 1. The molecule has 27 heavy (non-hydrogen) atoms. The highest BCUT2D eigenvalue weighted by Gasteiger charge is 2.17. The summed E-state index contributed by atoms with van der Waals surface area (Å²) in [7, 11) is 2.06. The van der Waals surface area contributed by atoms with E-state index in [9.17, 15) is 4.79 Å². The normalized spacial score (nSPS) is 14.1. The van der Waals surface area contributed by atoms with Gasteiger partial charge in [0.1, 0.15) is 24.2 Å². The molecule has 0 fully saturated rings. The molecule has 2 N–H and O–H groups in total. The van der Waals surface area contributed by atoms with Crippen LogP contribution in [0.5, 0.6) is 11.5 Å². The summed E-state index contributed by atoms with van der Waals surface area (Å²) in [5.41, 5.74) is 2.44. The highest BCUT2D eigenvalue weighted by molar-refractivity contribution is 6.01. The van der Waals surface area contributed by atoms with E-state index in [0.29, 0.717) is 23.5 Å². The molecule has 0 aliphatic carbocycles. The molecular weight excluding hydrogens is 346 g/mol. The van der Waals surface area contributed by atoms with Gasteiger partial charge in [-0.3, -0.25) is 4.79 Å². The van der Waals surface area contributed by atoms with Crippen LogP contribution in [0.1, 0.15) is 11.4 Å². The summed E-state index contributed by atoms with van der Waals surface area (Å²) in [4.78, 5) is 21.1. The smallest absolute Gasteiger partial charge is 0.294 e. The minimum atomic E-state index is -0.248. The zero-order valence-electron chi connectivity index (χ0n) is 14.7. The third-order valence-electron chi connectivity index (χ3n) is 4.69. The van der Waals surface area contributed by atoms with E-state index >= 15 is 0 Å². The van der Waals surface area contributed by atoms with Crippen molar-refractivity contribution in [3.63, 3.8) is 0 Å². The van der Waals surface area contributed by atoms with E-state index < -0.39 is 0 Å². The molecule has 0 saturated heterocycles.